The van der Waals surface area contributed by atoms with Crippen LogP contribution in [0.1, 0.15) is 59.3 Å². The Balaban J connectivity index is 4.67. The molecule has 0 aliphatic carbocycles. The summed E-state index contributed by atoms with van der Waals surface area (Å²) in [6, 6.07) is 0. The Morgan fingerprint density at radius 2 is 1.33 bits per heavy atom. The minimum Gasteiger partial charge on any atom is -0.387 e. The van der Waals surface area contributed by atoms with Crippen LogP contribution in [0.3, 0.4) is 0 Å². The Bertz CT molecular complexity index is 421. The second kappa shape index (κ2) is 11.4. The van der Waals surface area contributed by atoms with Gasteiger partial charge in [-0.2, -0.15) is 0 Å². The van der Waals surface area contributed by atoms with Crippen LogP contribution in [0.4, 0.5) is 0 Å². The molecule has 0 saturated carbocycles. The zero-order chi connectivity index (χ0) is 18.9. The lowest BCUT2D eigenvalue weighted by Crippen LogP contribution is -2.49. The van der Waals surface area contributed by atoms with Crippen LogP contribution in [0.5, 0.6) is 0 Å². The minimum absolute atomic E-state index is 0.175. The molecule has 7 nitrogen and oxygen atoms in total. The number of hydrogen-bond acceptors (Lipinski definition) is 7. The lowest BCUT2D eigenvalue weighted by molar-refractivity contribution is -0.153. The monoisotopic (exact) mass is 346 g/mol. The van der Waals surface area contributed by atoms with E-state index in [1.54, 1.807) is 0 Å². The average molecular weight is 346 g/mol. The highest BCUT2D eigenvalue weighted by molar-refractivity contribution is 5.89. The van der Waals surface area contributed by atoms with Crippen LogP contribution in [0, 0.1) is 5.92 Å². The van der Waals surface area contributed by atoms with Crippen molar-refractivity contribution in [3.8, 4) is 0 Å². The lowest BCUT2D eigenvalue weighted by Gasteiger charge is -2.25. The average Bonchev–Trinajstić information content (AvgIpc) is 2.54. The maximum Gasteiger partial charge on any atom is 0.164 e. The molecule has 0 unspecified atom stereocenters. The molecule has 4 N–H and O–H groups in total. The Morgan fingerprint density at radius 1 is 0.792 bits per heavy atom. The molecule has 5 atom stereocenters. The van der Waals surface area contributed by atoms with E-state index in [1.165, 1.54) is 6.92 Å². The van der Waals surface area contributed by atoms with E-state index < -0.39 is 41.9 Å². The molecule has 0 spiro atoms. The SMILES string of the molecule is CCCCCC[C@H](CC(=O)[C@@H](O)[C@H](O)[C@H](O)[C@@H](O)C(C)=O)C(C)=O. The van der Waals surface area contributed by atoms with Crippen molar-refractivity contribution >= 4 is 17.3 Å². The Hall–Kier alpha value is -1.15. The van der Waals surface area contributed by atoms with E-state index in [9.17, 15) is 34.8 Å². The van der Waals surface area contributed by atoms with Crippen molar-refractivity contribution in [2.24, 2.45) is 5.92 Å². The first-order chi connectivity index (χ1) is 11.1. The van der Waals surface area contributed by atoms with Crippen LogP contribution < -0.4 is 0 Å². The Morgan fingerprint density at radius 3 is 1.79 bits per heavy atom. The van der Waals surface area contributed by atoms with E-state index in [2.05, 4.69) is 6.92 Å². The highest BCUT2D eigenvalue weighted by Crippen LogP contribution is 2.18. The number of carbonyl (C=O) groups is 3. The zero-order valence-electron chi connectivity index (χ0n) is 14.6. The zero-order valence-corrected chi connectivity index (χ0v) is 14.6. The van der Waals surface area contributed by atoms with E-state index >= 15 is 0 Å². The fourth-order valence-electron chi connectivity index (χ4n) is 2.43. The number of aliphatic hydroxyl groups excluding tert-OH is 4. The van der Waals surface area contributed by atoms with Crippen molar-refractivity contribution < 1.29 is 34.8 Å². The van der Waals surface area contributed by atoms with E-state index in [4.69, 9.17) is 0 Å². The molecule has 0 aromatic carbocycles. The van der Waals surface area contributed by atoms with E-state index in [0.29, 0.717) is 6.42 Å². The van der Waals surface area contributed by atoms with Crippen LogP contribution >= 0.6 is 0 Å². The first-order valence-electron chi connectivity index (χ1n) is 8.39. The third-order valence-corrected chi connectivity index (χ3v) is 4.17. The van der Waals surface area contributed by atoms with E-state index in [0.717, 1.165) is 32.6 Å². The van der Waals surface area contributed by atoms with Crippen molar-refractivity contribution in [1.82, 2.24) is 0 Å². The maximum atomic E-state index is 12.0. The van der Waals surface area contributed by atoms with Gasteiger partial charge in [-0.25, -0.2) is 0 Å². The normalized spacial score (nSPS) is 17.6. The van der Waals surface area contributed by atoms with Crippen molar-refractivity contribution in [1.29, 1.82) is 0 Å². The second-order valence-corrected chi connectivity index (χ2v) is 6.31. The molecule has 0 saturated heterocycles. The summed E-state index contributed by atoms with van der Waals surface area (Å²) in [5.74, 6) is -2.32. The van der Waals surface area contributed by atoms with Gasteiger partial charge in [-0.1, -0.05) is 32.6 Å². The summed E-state index contributed by atoms with van der Waals surface area (Å²) in [7, 11) is 0. The van der Waals surface area contributed by atoms with Gasteiger partial charge in [0.25, 0.3) is 0 Å². The summed E-state index contributed by atoms with van der Waals surface area (Å²) >= 11 is 0. The maximum absolute atomic E-state index is 12.0. The second-order valence-electron chi connectivity index (χ2n) is 6.31. The molecule has 0 aromatic heterocycles. The summed E-state index contributed by atoms with van der Waals surface area (Å²) in [4.78, 5) is 34.7. The van der Waals surface area contributed by atoms with Crippen LogP contribution in [0.25, 0.3) is 0 Å². The van der Waals surface area contributed by atoms with Gasteiger partial charge >= 0.3 is 0 Å². The first-order valence-corrected chi connectivity index (χ1v) is 8.39. The number of aliphatic hydroxyl groups is 4. The van der Waals surface area contributed by atoms with Crippen LogP contribution in [-0.2, 0) is 14.4 Å². The largest absolute Gasteiger partial charge is 0.387 e. The minimum atomic E-state index is -2.00. The number of carbonyl (C=O) groups excluding carboxylic acids is 3. The van der Waals surface area contributed by atoms with Gasteiger partial charge in [0.05, 0.1) is 0 Å². The molecule has 0 aliphatic heterocycles. The van der Waals surface area contributed by atoms with Crippen molar-refractivity contribution in [2.75, 3.05) is 0 Å². The molecule has 0 rings (SSSR count). The summed E-state index contributed by atoms with van der Waals surface area (Å²) in [5.41, 5.74) is 0. The molecule has 0 radical (unpaired) electrons. The standard InChI is InChI=1S/C17H30O7/c1-4-5-6-7-8-12(10(2)18)9-13(20)15(22)17(24)16(23)14(21)11(3)19/h12,14-17,21-24H,4-9H2,1-3H3/t12-,14+,15-,16-,17+/m1/s1. The quantitative estimate of drug-likeness (QED) is 0.349. The number of Topliss-reactive ketones (excluding diaryl/α,β-unsaturated/α-hetero) is 3. The smallest absolute Gasteiger partial charge is 0.164 e. The molecule has 0 fully saturated rings. The third kappa shape index (κ3) is 7.61. The molecule has 24 heavy (non-hydrogen) atoms. The van der Waals surface area contributed by atoms with Crippen LogP contribution in [0.15, 0.2) is 0 Å². The van der Waals surface area contributed by atoms with Gasteiger partial charge in [0.1, 0.15) is 30.2 Å². The first kappa shape index (κ1) is 22.9. The van der Waals surface area contributed by atoms with Gasteiger partial charge in [-0.05, 0) is 20.3 Å². The molecule has 0 aliphatic rings. The molecule has 0 amide bonds. The van der Waals surface area contributed by atoms with Crippen molar-refractivity contribution in [3.05, 3.63) is 0 Å². The number of hydrogen-bond donors (Lipinski definition) is 4. The highest BCUT2D eigenvalue weighted by Gasteiger charge is 2.36. The van der Waals surface area contributed by atoms with Gasteiger partial charge < -0.3 is 20.4 Å². The molecule has 0 bridgehead atoms. The van der Waals surface area contributed by atoms with Gasteiger partial charge in [0.2, 0.25) is 0 Å². The fourth-order valence-corrected chi connectivity index (χ4v) is 2.43. The van der Waals surface area contributed by atoms with Gasteiger partial charge in [-0.3, -0.25) is 14.4 Å². The summed E-state index contributed by atoms with van der Waals surface area (Å²) in [6.45, 7) is 4.44. The van der Waals surface area contributed by atoms with E-state index in [-0.39, 0.29) is 12.2 Å². The van der Waals surface area contributed by atoms with Gasteiger partial charge in [-0.15, -0.1) is 0 Å². The summed E-state index contributed by atoms with van der Waals surface area (Å²) in [5, 5.41) is 38.6. The molecule has 0 aromatic rings. The predicted molar refractivity (Wildman–Crippen MR) is 87.3 cm³/mol. The molecular weight excluding hydrogens is 316 g/mol. The van der Waals surface area contributed by atoms with Crippen molar-refractivity contribution in [2.45, 2.75) is 83.7 Å². The number of unbranched alkanes of at least 4 members (excludes halogenated alkanes) is 3. The highest BCUT2D eigenvalue weighted by atomic mass is 16.4. The van der Waals surface area contributed by atoms with E-state index in [1.807, 2.05) is 0 Å². The van der Waals surface area contributed by atoms with Crippen LogP contribution in [-0.4, -0.2) is 62.2 Å². The predicted octanol–water partition coefficient (Wildman–Crippen LogP) is 0.154. The number of rotatable bonds is 13. The molecule has 0 heterocycles. The molecule has 7 heteroatoms. The van der Waals surface area contributed by atoms with Crippen molar-refractivity contribution in [3.63, 3.8) is 0 Å². The lowest BCUT2D eigenvalue weighted by atomic mass is 9.88. The summed E-state index contributed by atoms with van der Waals surface area (Å²) < 4.78 is 0. The topological polar surface area (TPSA) is 132 Å². The number of ketones is 3. The summed E-state index contributed by atoms with van der Waals surface area (Å²) in [6.07, 6.45) is -3.73. The molecular formula is C17H30O7. The van der Waals surface area contributed by atoms with Gasteiger partial charge in [0.15, 0.2) is 11.6 Å². The Labute approximate surface area is 142 Å². The molecule has 140 valence electrons. The third-order valence-electron chi connectivity index (χ3n) is 4.17. The van der Waals surface area contributed by atoms with Gasteiger partial charge in [0, 0.05) is 12.3 Å². The van der Waals surface area contributed by atoms with Crippen LogP contribution in [0.2, 0.25) is 0 Å². The fraction of sp³-hybridized carbons (Fsp3) is 0.824. The Kier molecular flexibility index (Phi) is 10.9.